The fraction of sp³-hybridized carbons (Fsp3) is 0.739. The van der Waals surface area contributed by atoms with Gasteiger partial charge >= 0.3 is 0 Å². The predicted octanol–water partition coefficient (Wildman–Crippen LogP) is 2.53. The van der Waals surface area contributed by atoms with Gasteiger partial charge in [-0.2, -0.15) is 0 Å². The Balaban J connectivity index is 1.27. The summed E-state index contributed by atoms with van der Waals surface area (Å²) in [7, 11) is 1.68. The summed E-state index contributed by atoms with van der Waals surface area (Å²) in [6.07, 6.45) is 5.69. The molecule has 0 radical (unpaired) electrons. The number of nitrogens with zero attached hydrogens (tertiary/aromatic N) is 2. The summed E-state index contributed by atoms with van der Waals surface area (Å²) in [6.45, 7) is 8.23. The molecule has 3 aliphatic heterocycles. The van der Waals surface area contributed by atoms with Crippen molar-refractivity contribution in [1.82, 2.24) is 9.80 Å². The molecule has 1 N–H and O–H groups in total. The number of aliphatic hydroxyl groups is 1. The Bertz CT molecular complexity index is 646. The highest BCUT2D eigenvalue weighted by molar-refractivity contribution is 5.43. The summed E-state index contributed by atoms with van der Waals surface area (Å²) in [4.78, 5) is 4.83. The lowest BCUT2D eigenvalue weighted by atomic mass is 9.78. The summed E-state index contributed by atoms with van der Waals surface area (Å²) >= 11 is 0. The van der Waals surface area contributed by atoms with E-state index in [1.807, 2.05) is 6.07 Å². The molecule has 1 atom stereocenters. The molecule has 29 heavy (non-hydrogen) atoms. The molecule has 0 saturated carbocycles. The molecule has 1 spiro atoms. The van der Waals surface area contributed by atoms with E-state index in [1.54, 1.807) is 7.11 Å². The number of benzene rings is 1. The second kappa shape index (κ2) is 9.65. The molecule has 3 saturated heterocycles. The van der Waals surface area contributed by atoms with Crippen LogP contribution in [-0.2, 0) is 11.3 Å². The highest BCUT2D eigenvalue weighted by Gasteiger charge is 2.37. The monoisotopic (exact) mass is 404 g/mol. The molecule has 0 aromatic heterocycles. The smallest absolute Gasteiger partial charge is 0.161 e. The fourth-order valence-corrected chi connectivity index (χ4v) is 4.92. The molecule has 0 amide bonds. The summed E-state index contributed by atoms with van der Waals surface area (Å²) in [5.74, 6) is 1.45. The normalized spacial score (nSPS) is 23.5. The van der Waals surface area contributed by atoms with Gasteiger partial charge in [-0.1, -0.05) is 6.07 Å². The summed E-state index contributed by atoms with van der Waals surface area (Å²) in [5.41, 5.74) is 1.69. The third-order valence-electron chi connectivity index (χ3n) is 6.83. The van der Waals surface area contributed by atoms with Gasteiger partial charge in [-0.15, -0.1) is 0 Å². The zero-order valence-corrected chi connectivity index (χ0v) is 17.8. The molecule has 3 heterocycles. The molecular formula is C23H36N2O4. The van der Waals surface area contributed by atoms with Crippen LogP contribution in [-0.4, -0.2) is 80.7 Å². The van der Waals surface area contributed by atoms with Crippen molar-refractivity contribution in [2.45, 2.75) is 44.8 Å². The van der Waals surface area contributed by atoms with Crippen molar-refractivity contribution in [3.63, 3.8) is 0 Å². The van der Waals surface area contributed by atoms with Crippen LogP contribution in [0.3, 0.4) is 0 Å². The first-order valence-corrected chi connectivity index (χ1v) is 11.2. The average Bonchev–Trinajstić information content (AvgIpc) is 3.41. The van der Waals surface area contributed by atoms with Gasteiger partial charge < -0.3 is 24.2 Å². The van der Waals surface area contributed by atoms with Crippen LogP contribution in [0.4, 0.5) is 0 Å². The largest absolute Gasteiger partial charge is 0.493 e. The quantitative estimate of drug-likeness (QED) is 0.719. The van der Waals surface area contributed by atoms with Crippen LogP contribution in [0.15, 0.2) is 18.2 Å². The molecule has 1 unspecified atom stereocenters. The van der Waals surface area contributed by atoms with Gasteiger partial charge in [0.15, 0.2) is 11.5 Å². The van der Waals surface area contributed by atoms with Crippen molar-refractivity contribution >= 4 is 0 Å². The minimum absolute atomic E-state index is 0.294. The van der Waals surface area contributed by atoms with Gasteiger partial charge in [0.2, 0.25) is 0 Å². The van der Waals surface area contributed by atoms with E-state index in [0.717, 1.165) is 51.7 Å². The second-order valence-corrected chi connectivity index (χ2v) is 9.04. The van der Waals surface area contributed by atoms with E-state index in [9.17, 15) is 5.11 Å². The van der Waals surface area contributed by atoms with Crippen molar-refractivity contribution < 1.29 is 19.3 Å². The first-order chi connectivity index (χ1) is 14.2. The van der Waals surface area contributed by atoms with Crippen molar-refractivity contribution in [2.75, 3.05) is 59.7 Å². The van der Waals surface area contributed by atoms with E-state index in [2.05, 4.69) is 21.9 Å². The Kier molecular flexibility index (Phi) is 6.96. The number of methoxy groups -OCH3 is 1. The predicted molar refractivity (Wildman–Crippen MR) is 113 cm³/mol. The van der Waals surface area contributed by atoms with Gasteiger partial charge in [-0.3, -0.25) is 4.90 Å². The fourth-order valence-electron chi connectivity index (χ4n) is 4.92. The Morgan fingerprint density at radius 2 is 1.86 bits per heavy atom. The molecule has 1 aromatic carbocycles. The van der Waals surface area contributed by atoms with E-state index in [1.165, 1.54) is 37.7 Å². The molecule has 3 fully saturated rings. The average molecular weight is 405 g/mol. The third-order valence-corrected chi connectivity index (χ3v) is 6.83. The summed E-state index contributed by atoms with van der Waals surface area (Å²) in [5, 5.41) is 10.3. The minimum Gasteiger partial charge on any atom is -0.493 e. The maximum Gasteiger partial charge on any atom is 0.161 e. The molecule has 1 aromatic rings. The van der Waals surface area contributed by atoms with Gasteiger partial charge in [0, 0.05) is 19.7 Å². The van der Waals surface area contributed by atoms with Crippen LogP contribution in [0.1, 0.15) is 37.7 Å². The number of ether oxygens (including phenoxy) is 3. The first-order valence-electron chi connectivity index (χ1n) is 11.2. The maximum atomic E-state index is 10.3. The standard InChI is InChI=1S/C23H36N2O4/c1-27-22-14-19(15-25-11-6-23(7-12-25)8-13-28-18-23)4-5-21(22)29-17-20(26)16-24-9-2-3-10-24/h4-5,14,20,26H,2-3,6-13,15-18H2,1H3. The Hall–Kier alpha value is -1.34. The highest BCUT2D eigenvalue weighted by atomic mass is 16.5. The molecule has 162 valence electrons. The van der Waals surface area contributed by atoms with Gasteiger partial charge in [0.05, 0.1) is 13.7 Å². The van der Waals surface area contributed by atoms with Crippen LogP contribution in [0, 0.1) is 5.41 Å². The molecule has 6 nitrogen and oxygen atoms in total. The van der Waals surface area contributed by atoms with E-state index in [4.69, 9.17) is 14.2 Å². The number of β-amino-alcohol motifs (C(OH)–C–C–N with tert-alkyl or cyclic N) is 1. The van der Waals surface area contributed by atoms with Crippen LogP contribution in [0.2, 0.25) is 0 Å². The van der Waals surface area contributed by atoms with Crippen molar-refractivity contribution in [1.29, 1.82) is 0 Å². The number of aliphatic hydroxyl groups excluding tert-OH is 1. The first kappa shape index (κ1) is 20.9. The Morgan fingerprint density at radius 1 is 1.07 bits per heavy atom. The third kappa shape index (κ3) is 5.43. The van der Waals surface area contributed by atoms with E-state index < -0.39 is 6.10 Å². The number of hydrogen-bond acceptors (Lipinski definition) is 6. The highest BCUT2D eigenvalue weighted by Crippen LogP contribution is 2.39. The molecule has 6 heteroatoms. The molecule has 0 bridgehead atoms. The topological polar surface area (TPSA) is 54.4 Å². The zero-order valence-electron chi connectivity index (χ0n) is 17.8. The molecule has 0 aliphatic carbocycles. The van der Waals surface area contributed by atoms with Crippen LogP contribution >= 0.6 is 0 Å². The van der Waals surface area contributed by atoms with E-state index >= 15 is 0 Å². The minimum atomic E-state index is -0.474. The Morgan fingerprint density at radius 3 is 2.55 bits per heavy atom. The lowest BCUT2D eigenvalue weighted by molar-refractivity contribution is 0.0744. The SMILES string of the molecule is COc1cc(CN2CCC3(CCOC3)CC2)ccc1OCC(O)CN1CCCC1. The summed E-state index contributed by atoms with van der Waals surface area (Å²) in [6, 6.07) is 6.17. The Labute approximate surface area is 174 Å². The van der Waals surface area contributed by atoms with Gasteiger partial charge in [0.1, 0.15) is 12.7 Å². The number of rotatable bonds is 8. The van der Waals surface area contributed by atoms with Crippen molar-refractivity contribution in [3.05, 3.63) is 23.8 Å². The lowest BCUT2D eigenvalue weighted by Gasteiger charge is -2.38. The van der Waals surface area contributed by atoms with Gasteiger partial charge in [-0.05, 0) is 81.4 Å². The number of piperidine rings is 1. The van der Waals surface area contributed by atoms with Crippen LogP contribution in [0.25, 0.3) is 0 Å². The lowest BCUT2D eigenvalue weighted by Crippen LogP contribution is -2.40. The second-order valence-electron chi connectivity index (χ2n) is 9.04. The van der Waals surface area contributed by atoms with Crippen LogP contribution < -0.4 is 9.47 Å². The van der Waals surface area contributed by atoms with Crippen molar-refractivity contribution in [3.8, 4) is 11.5 Å². The number of likely N-dealkylation sites (tertiary alicyclic amines) is 2. The molecule has 4 rings (SSSR count). The molecule has 3 aliphatic rings. The number of hydrogen-bond donors (Lipinski definition) is 1. The maximum absolute atomic E-state index is 10.3. The molecular weight excluding hydrogens is 368 g/mol. The van der Waals surface area contributed by atoms with E-state index in [0.29, 0.717) is 24.3 Å². The zero-order chi connectivity index (χ0) is 20.1. The van der Waals surface area contributed by atoms with Crippen molar-refractivity contribution in [2.24, 2.45) is 5.41 Å². The van der Waals surface area contributed by atoms with E-state index in [-0.39, 0.29) is 0 Å². The van der Waals surface area contributed by atoms with Gasteiger partial charge in [-0.25, -0.2) is 0 Å². The summed E-state index contributed by atoms with van der Waals surface area (Å²) < 4.78 is 17.1. The van der Waals surface area contributed by atoms with Gasteiger partial charge in [0.25, 0.3) is 0 Å². The van der Waals surface area contributed by atoms with Crippen LogP contribution in [0.5, 0.6) is 11.5 Å².